The highest BCUT2D eigenvalue weighted by molar-refractivity contribution is 5.82. The van der Waals surface area contributed by atoms with Crippen LogP contribution in [0.1, 0.15) is 51.0 Å². The number of piperidine rings is 1. The summed E-state index contributed by atoms with van der Waals surface area (Å²) in [7, 11) is 0. The van der Waals surface area contributed by atoms with E-state index >= 15 is 0 Å². The van der Waals surface area contributed by atoms with E-state index in [0.717, 1.165) is 31.4 Å². The van der Waals surface area contributed by atoms with E-state index in [0.29, 0.717) is 38.1 Å². The van der Waals surface area contributed by atoms with Gasteiger partial charge in [-0.3, -0.25) is 9.59 Å². The molecule has 1 heterocycles. The van der Waals surface area contributed by atoms with Crippen LogP contribution >= 0.6 is 0 Å². The van der Waals surface area contributed by atoms with Gasteiger partial charge in [-0.15, -0.1) is 0 Å². The number of amides is 2. The summed E-state index contributed by atoms with van der Waals surface area (Å²) in [6.45, 7) is 4.66. The lowest BCUT2D eigenvalue weighted by Crippen LogP contribution is -2.46. The zero-order valence-corrected chi connectivity index (χ0v) is 17.1. The lowest BCUT2D eigenvalue weighted by atomic mass is 9.88. The highest BCUT2D eigenvalue weighted by Gasteiger charge is 2.28. The van der Waals surface area contributed by atoms with Crippen molar-refractivity contribution < 1.29 is 14.3 Å². The molecule has 2 amide bonds. The van der Waals surface area contributed by atoms with Gasteiger partial charge in [-0.05, 0) is 37.2 Å². The first kappa shape index (κ1) is 20.8. The summed E-state index contributed by atoms with van der Waals surface area (Å²) < 4.78 is 5.98. The fourth-order valence-corrected chi connectivity index (χ4v) is 4.36. The number of likely N-dealkylation sites (tertiary alicyclic amines) is 1. The number of carbonyl (C=O) groups excluding carboxylic acids is 2. The predicted octanol–water partition coefficient (Wildman–Crippen LogP) is 3.18. The van der Waals surface area contributed by atoms with Crippen LogP contribution < -0.4 is 5.32 Å². The molecule has 1 aromatic rings. The summed E-state index contributed by atoms with van der Waals surface area (Å²) in [5.74, 6) is 0.671. The smallest absolute Gasteiger partial charge is 0.227 e. The highest BCUT2D eigenvalue weighted by Crippen LogP contribution is 2.26. The van der Waals surface area contributed by atoms with E-state index in [-0.39, 0.29) is 17.7 Å². The third-order valence-electron chi connectivity index (χ3n) is 6.11. The number of nitrogens with one attached hydrogen (secondary N) is 1. The molecule has 0 spiro atoms. The Balaban J connectivity index is 1.38. The number of hydrogen-bond donors (Lipinski definition) is 1. The Morgan fingerprint density at radius 2 is 1.89 bits per heavy atom. The van der Waals surface area contributed by atoms with E-state index in [1.165, 1.54) is 19.3 Å². The lowest BCUT2D eigenvalue weighted by Gasteiger charge is -2.32. The summed E-state index contributed by atoms with van der Waals surface area (Å²) in [6, 6.07) is 9.79. The van der Waals surface area contributed by atoms with Crippen LogP contribution in [0.3, 0.4) is 0 Å². The molecule has 2 aliphatic rings. The van der Waals surface area contributed by atoms with Crippen LogP contribution in [0.5, 0.6) is 0 Å². The van der Waals surface area contributed by atoms with Crippen LogP contribution in [-0.4, -0.2) is 49.1 Å². The van der Waals surface area contributed by atoms with Crippen molar-refractivity contribution in [2.24, 2.45) is 11.8 Å². The monoisotopic (exact) mass is 386 g/mol. The molecule has 0 bridgehead atoms. The fraction of sp³-hybridized carbons (Fsp3) is 0.652. The van der Waals surface area contributed by atoms with Gasteiger partial charge in [0.1, 0.15) is 0 Å². The number of benzene rings is 1. The topological polar surface area (TPSA) is 58.6 Å². The lowest BCUT2D eigenvalue weighted by molar-refractivity contribution is -0.135. The summed E-state index contributed by atoms with van der Waals surface area (Å²) in [4.78, 5) is 27.0. The van der Waals surface area contributed by atoms with Gasteiger partial charge in [0.25, 0.3) is 0 Å². The second kappa shape index (κ2) is 10.6. The first-order valence-electron chi connectivity index (χ1n) is 10.8. The second-order valence-electron chi connectivity index (χ2n) is 8.30. The molecule has 3 rings (SSSR count). The van der Waals surface area contributed by atoms with Crippen molar-refractivity contribution in [1.29, 1.82) is 0 Å². The number of rotatable bonds is 7. The summed E-state index contributed by atoms with van der Waals surface area (Å²) >= 11 is 0. The maximum Gasteiger partial charge on any atom is 0.227 e. The third kappa shape index (κ3) is 6.06. The molecule has 1 N–H and O–H groups in total. The van der Waals surface area contributed by atoms with E-state index in [2.05, 4.69) is 12.2 Å². The van der Waals surface area contributed by atoms with Crippen LogP contribution in [0.4, 0.5) is 0 Å². The molecule has 0 aromatic heterocycles. The van der Waals surface area contributed by atoms with E-state index in [1.807, 2.05) is 35.2 Å². The fourth-order valence-electron chi connectivity index (χ4n) is 4.36. The molecule has 1 aliphatic carbocycles. The van der Waals surface area contributed by atoms with Gasteiger partial charge >= 0.3 is 0 Å². The Hall–Kier alpha value is -1.88. The zero-order chi connectivity index (χ0) is 19.8. The first-order valence-corrected chi connectivity index (χ1v) is 10.8. The largest absolute Gasteiger partial charge is 0.376 e. The Kier molecular flexibility index (Phi) is 7.90. The Labute approximate surface area is 168 Å². The van der Waals surface area contributed by atoms with Gasteiger partial charge in [0.2, 0.25) is 11.8 Å². The molecule has 1 aliphatic heterocycles. The molecule has 1 aromatic carbocycles. The average Bonchev–Trinajstić information content (AvgIpc) is 2.73. The van der Waals surface area contributed by atoms with Crippen molar-refractivity contribution in [3.63, 3.8) is 0 Å². The van der Waals surface area contributed by atoms with Crippen molar-refractivity contribution >= 4 is 11.8 Å². The quantitative estimate of drug-likeness (QED) is 0.732. The third-order valence-corrected chi connectivity index (χ3v) is 6.11. The minimum Gasteiger partial charge on any atom is -0.376 e. The standard InChI is InChI=1S/C23H34N2O3/c1-18-8-5-6-12-21(18)28-15-13-24-23(27)20-11-7-14-25(17-20)22(26)16-19-9-3-2-4-10-19/h2-4,9-10,18,20-21H,5-8,11-17H2,1H3,(H,24,27)/t18-,20+,21+/m1/s1. The molecular weight excluding hydrogens is 352 g/mol. The molecule has 5 nitrogen and oxygen atoms in total. The average molecular weight is 387 g/mol. The highest BCUT2D eigenvalue weighted by atomic mass is 16.5. The molecule has 0 unspecified atom stereocenters. The summed E-state index contributed by atoms with van der Waals surface area (Å²) in [5.41, 5.74) is 1.02. The molecular formula is C23H34N2O3. The van der Waals surface area contributed by atoms with Crippen LogP contribution in [-0.2, 0) is 20.7 Å². The van der Waals surface area contributed by atoms with Crippen LogP contribution in [0.2, 0.25) is 0 Å². The van der Waals surface area contributed by atoms with E-state index in [4.69, 9.17) is 4.74 Å². The summed E-state index contributed by atoms with van der Waals surface area (Å²) in [6.07, 6.45) is 7.40. The van der Waals surface area contributed by atoms with E-state index < -0.39 is 0 Å². The van der Waals surface area contributed by atoms with Crippen molar-refractivity contribution in [2.45, 2.75) is 58.0 Å². The maximum absolute atomic E-state index is 12.6. The Morgan fingerprint density at radius 1 is 1.11 bits per heavy atom. The van der Waals surface area contributed by atoms with E-state index in [9.17, 15) is 9.59 Å². The Bertz CT molecular complexity index is 634. The molecule has 5 heteroatoms. The van der Waals surface area contributed by atoms with Gasteiger partial charge in [0.05, 0.1) is 25.0 Å². The van der Waals surface area contributed by atoms with Gasteiger partial charge in [0.15, 0.2) is 0 Å². The number of ether oxygens (including phenoxy) is 1. The normalized spacial score (nSPS) is 25.3. The van der Waals surface area contributed by atoms with Crippen molar-refractivity contribution in [2.75, 3.05) is 26.2 Å². The Morgan fingerprint density at radius 3 is 2.68 bits per heavy atom. The van der Waals surface area contributed by atoms with Gasteiger partial charge in [0, 0.05) is 19.6 Å². The molecule has 0 radical (unpaired) electrons. The van der Waals surface area contributed by atoms with Gasteiger partial charge in [-0.1, -0.05) is 50.1 Å². The first-order chi connectivity index (χ1) is 13.6. The zero-order valence-electron chi connectivity index (χ0n) is 17.1. The molecule has 1 saturated heterocycles. The molecule has 154 valence electrons. The predicted molar refractivity (Wildman–Crippen MR) is 110 cm³/mol. The number of hydrogen-bond acceptors (Lipinski definition) is 3. The minimum atomic E-state index is -0.109. The number of carbonyl (C=O) groups is 2. The van der Waals surface area contributed by atoms with Gasteiger partial charge in [-0.2, -0.15) is 0 Å². The molecule has 2 fully saturated rings. The maximum atomic E-state index is 12.6. The SMILES string of the molecule is C[C@@H]1CCCC[C@@H]1OCCNC(=O)[C@H]1CCCN(C(=O)Cc2ccccc2)C1. The van der Waals surface area contributed by atoms with Gasteiger partial charge in [-0.25, -0.2) is 0 Å². The second-order valence-corrected chi connectivity index (χ2v) is 8.30. The van der Waals surface area contributed by atoms with Crippen LogP contribution in [0.15, 0.2) is 30.3 Å². The van der Waals surface area contributed by atoms with E-state index in [1.54, 1.807) is 0 Å². The molecule has 1 saturated carbocycles. The molecule has 3 atom stereocenters. The van der Waals surface area contributed by atoms with Gasteiger partial charge < -0.3 is 15.0 Å². The van der Waals surface area contributed by atoms with Crippen LogP contribution in [0, 0.1) is 11.8 Å². The van der Waals surface area contributed by atoms with Crippen molar-refractivity contribution in [1.82, 2.24) is 10.2 Å². The molecule has 28 heavy (non-hydrogen) atoms. The minimum absolute atomic E-state index is 0.0532. The number of nitrogens with zero attached hydrogens (tertiary/aromatic N) is 1. The van der Waals surface area contributed by atoms with Crippen molar-refractivity contribution in [3.8, 4) is 0 Å². The van der Waals surface area contributed by atoms with Crippen LogP contribution in [0.25, 0.3) is 0 Å². The van der Waals surface area contributed by atoms with Crippen molar-refractivity contribution in [3.05, 3.63) is 35.9 Å². The summed E-state index contributed by atoms with van der Waals surface area (Å²) in [5, 5.41) is 3.01.